The number of benzene rings is 1. The quantitative estimate of drug-likeness (QED) is 0.865. The van der Waals surface area contributed by atoms with Crippen molar-refractivity contribution in [1.82, 2.24) is 4.90 Å². The monoisotopic (exact) mass is 350 g/mol. The number of nitrogens with zero attached hydrogens (tertiary/aromatic N) is 2. The molecule has 24 heavy (non-hydrogen) atoms. The third-order valence-electron chi connectivity index (χ3n) is 4.06. The molecule has 1 fully saturated rings. The molecule has 2 aliphatic rings. The van der Waals surface area contributed by atoms with Gasteiger partial charge in [0.25, 0.3) is 0 Å². The summed E-state index contributed by atoms with van der Waals surface area (Å²) in [6, 6.07) is 6.98. The summed E-state index contributed by atoms with van der Waals surface area (Å²) in [6.45, 7) is 0.850. The lowest BCUT2D eigenvalue weighted by molar-refractivity contribution is -0.146. The number of aliphatic carboxylic acids is 1. The van der Waals surface area contributed by atoms with Crippen molar-refractivity contribution in [3.63, 3.8) is 0 Å². The molecule has 8 heteroatoms. The van der Waals surface area contributed by atoms with Crippen LogP contribution in [0.15, 0.2) is 29.2 Å². The summed E-state index contributed by atoms with van der Waals surface area (Å²) in [6.07, 6.45) is -0.161. The van der Waals surface area contributed by atoms with Crippen LogP contribution in [0.5, 0.6) is 0 Å². The Morgan fingerprint density at radius 2 is 2.12 bits per heavy atom. The van der Waals surface area contributed by atoms with E-state index in [0.29, 0.717) is 18.9 Å². The second kappa shape index (κ2) is 7.23. The molecule has 1 N–H and O–H groups in total. The lowest BCUT2D eigenvalue weighted by Crippen LogP contribution is -2.53. The maximum atomic E-state index is 12.7. The van der Waals surface area contributed by atoms with Crippen molar-refractivity contribution in [2.45, 2.75) is 17.4 Å². The molecule has 0 bridgehead atoms. The van der Waals surface area contributed by atoms with Crippen LogP contribution in [0, 0.1) is 0 Å². The van der Waals surface area contributed by atoms with E-state index in [-0.39, 0.29) is 31.4 Å². The number of hydrogen-bond acceptors (Lipinski definition) is 5. The number of carboxylic acids is 1. The van der Waals surface area contributed by atoms with Crippen LogP contribution >= 0.6 is 11.8 Å². The first-order valence-corrected chi connectivity index (χ1v) is 8.66. The van der Waals surface area contributed by atoms with Gasteiger partial charge in [-0.25, -0.2) is 0 Å². The number of morpholine rings is 1. The third kappa shape index (κ3) is 3.54. The van der Waals surface area contributed by atoms with E-state index >= 15 is 0 Å². The topological polar surface area (TPSA) is 87.2 Å². The van der Waals surface area contributed by atoms with Gasteiger partial charge in [0.05, 0.1) is 37.1 Å². The third-order valence-corrected chi connectivity index (χ3v) is 5.11. The number of carboxylic acid groups (broad SMARTS) is 1. The van der Waals surface area contributed by atoms with E-state index in [1.165, 1.54) is 21.6 Å². The molecule has 1 aromatic carbocycles. The molecular weight excluding hydrogens is 332 g/mol. The van der Waals surface area contributed by atoms with E-state index in [9.17, 15) is 14.4 Å². The average molecular weight is 350 g/mol. The van der Waals surface area contributed by atoms with E-state index in [1.807, 2.05) is 24.3 Å². The first-order valence-electron chi connectivity index (χ1n) is 7.67. The van der Waals surface area contributed by atoms with Crippen molar-refractivity contribution in [2.75, 3.05) is 37.0 Å². The molecule has 2 aliphatic heterocycles. The number of anilines is 1. The summed E-state index contributed by atoms with van der Waals surface area (Å²) in [7, 11) is 0. The van der Waals surface area contributed by atoms with Gasteiger partial charge in [-0.1, -0.05) is 12.1 Å². The first kappa shape index (κ1) is 16.8. The number of hydrogen-bond donors (Lipinski definition) is 1. The summed E-state index contributed by atoms with van der Waals surface area (Å²) in [4.78, 5) is 39.9. The molecule has 1 saturated heterocycles. The molecule has 0 spiro atoms. The zero-order valence-electron chi connectivity index (χ0n) is 13.0. The van der Waals surface area contributed by atoms with E-state index in [2.05, 4.69) is 0 Å². The number of fused-ring (bicyclic) bond motifs is 1. The highest BCUT2D eigenvalue weighted by atomic mass is 32.2. The van der Waals surface area contributed by atoms with Crippen molar-refractivity contribution in [2.24, 2.45) is 0 Å². The van der Waals surface area contributed by atoms with Crippen LogP contribution < -0.4 is 4.90 Å². The Kier molecular flexibility index (Phi) is 5.06. The van der Waals surface area contributed by atoms with Gasteiger partial charge in [0.15, 0.2) is 0 Å². The Hall–Kier alpha value is -2.06. The second-order valence-corrected chi connectivity index (χ2v) is 6.67. The van der Waals surface area contributed by atoms with Crippen LogP contribution in [0.3, 0.4) is 0 Å². The molecule has 2 heterocycles. The lowest BCUT2D eigenvalue weighted by atomic mass is 10.1. The van der Waals surface area contributed by atoms with Gasteiger partial charge in [-0.3, -0.25) is 14.4 Å². The van der Waals surface area contributed by atoms with E-state index in [4.69, 9.17) is 9.84 Å². The summed E-state index contributed by atoms with van der Waals surface area (Å²) in [5, 5.41) is 9.00. The fourth-order valence-electron chi connectivity index (χ4n) is 2.91. The number of para-hydroxylation sites is 1. The molecule has 128 valence electrons. The standard InChI is InChI=1S/C16H18N2O5S/c19-14(17-5-6-23-9-11(17)7-16(21)22)8-18-12-3-1-2-4-13(12)24-10-15(18)20/h1-4,11H,5-10H2,(H,21,22). The van der Waals surface area contributed by atoms with Crippen molar-refractivity contribution in [1.29, 1.82) is 0 Å². The van der Waals surface area contributed by atoms with Gasteiger partial charge in [-0.15, -0.1) is 11.8 Å². The molecule has 1 aromatic rings. The van der Waals surface area contributed by atoms with Crippen molar-refractivity contribution >= 4 is 35.2 Å². The molecule has 3 rings (SSSR count). The highest BCUT2D eigenvalue weighted by Crippen LogP contribution is 2.34. The van der Waals surface area contributed by atoms with Gasteiger partial charge in [0.2, 0.25) is 11.8 Å². The minimum absolute atomic E-state index is 0.0769. The van der Waals surface area contributed by atoms with Crippen LogP contribution in [0.4, 0.5) is 5.69 Å². The van der Waals surface area contributed by atoms with Crippen molar-refractivity contribution in [3.05, 3.63) is 24.3 Å². The normalized spacial score (nSPS) is 20.7. The largest absolute Gasteiger partial charge is 0.481 e. The minimum atomic E-state index is -0.973. The smallest absolute Gasteiger partial charge is 0.305 e. The zero-order chi connectivity index (χ0) is 17.1. The Balaban J connectivity index is 1.76. The van der Waals surface area contributed by atoms with Gasteiger partial charge in [-0.2, -0.15) is 0 Å². The number of thioether (sulfide) groups is 1. The number of carbonyl (C=O) groups is 3. The number of rotatable bonds is 4. The Bertz CT molecular complexity index is 666. The molecule has 7 nitrogen and oxygen atoms in total. The van der Waals surface area contributed by atoms with Crippen LogP contribution in [-0.4, -0.2) is 65.9 Å². The fraction of sp³-hybridized carbons (Fsp3) is 0.438. The summed E-state index contributed by atoms with van der Waals surface area (Å²) < 4.78 is 5.29. The molecule has 2 amide bonds. The number of carbonyl (C=O) groups excluding carboxylic acids is 2. The van der Waals surface area contributed by atoms with Crippen molar-refractivity contribution < 1.29 is 24.2 Å². The second-order valence-electron chi connectivity index (χ2n) is 5.65. The molecular formula is C16H18N2O5S. The predicted octanol–water partition coefficient (Wildman–Crippen LogP) is 0.827. The zero-order valence-corrected chi connectivity index (χ0v) is 13.8. The summed E-state index contributed by atoms with van der Waals surface area (Å²) in [5.74, 6) is -1.04. The highest BCUT2D eigenvalue weighted by Gasteiger charge is 2.33. The first-order chi connectivity index (χ1) is 11.6. The van der Waals surface area contributed by atoms with E-state index in [0.717, 1.165) is 10.6 Å². The van der Waals surface area contributed by atoms with Gasteiger partial charge in [-0.05, 0) is 12.1 Å². The summed E-state index contributed by atoms with van der Waals surface area (Å²) in [5.41, 5.74) is 0.732. The van der Waals surface area contributed by atoms with Crippen molar-refractivity contribution in [3.8, 4) is 0 Å². The molecule has 0 saturated carbocycles. The fourth-order valence-corrected chi connectivity index (χ4v) is 3.84. The lowest BCUT2D eigenvalue weighted by Gasteiger charge is -2.37. The Labute approximate surface area is 143 Å². The summed E-state index contributed by atoms with van der Waals surface area (Å²) >= 11 is 1.46. The van der Waals surface area contributed by atoms with E-state index < -0.39 is 12.0 Å². The number of ether oxygens (including phenoxy) is 1. The van der Waals surface area contributed by atoms with Crippen LogP contribution in [0.25, 0.3) is 0 Å². The van der Waals surface area contributed by atoms with Gasteiger partial charge in [0.1, 0.15) is 6.54 Å². The predicted molar refractivity (Wildman–Crippen MR) is 88.1 cm³/mol. The van der Waals surface area contributed by atoms with E-state index in [1.54, 1.807) is 0 Å². The maximum Gasteiger partial charge on any atom is 0.305 e. The average Bonchev–Trinajstić information content (AvgIpc) is 2.57. The molecule has 0 aromatic heterocycles. The Morgan fingerprint density at radius 3 is 2.92 bits per heavy atom. The van der Waals surface area contributed by atoms with Gasteiger partial charge >= 0.3 is 5.97 Å². The SMILES string of the molecule is O=C(O)CC1COCCN1C(=O)CN1C(=O)CSc2ccccc21. The van der Waals surface area contributed by atoms with Gasteiger partial charge < -0.3 is 19.6 Å². The maximum absolute atomic E-state index is 12.7. The molecule has 0 aliphatic carbocycles. The van der Waals surface area contributed by atoms with Crippen LogP contribution in [0.2, 0.25) is 0 Å². The molecule has 1 unspecified atom stereocenters. The molecule has 1 atom stereocenters. The van der Waals surface area contributed by atoms with Gasteiger partial charge in [0, 0.05) is 11.4 Å². The number of amides is 2. The molecule has 0 radical (unpaired) electrons. The van der Waals surface area contributed by atoms with Crippen LogP contribution in [-0.2, 0) is 19.1 Å². The minimum Gasteiger partial charge on any atom is -0.481 e. The Morgan fingerprint density at radius 1 is 1.33 bits per heavy atom. The highest BCUT2D eigenvalue weighted by molar-refractivity contribution is 8.00. The van der Waals surface area contributed by atoms with Crippen LogP contribution in [0.1, 0.15) is 6.42 Å².